The lowest BCUT2D eigenvalue weighted by molar-refractivity contribution is -0.137. The van der Waals surface area contributed by atoms with Crippen LogP contribution in [0.25, 0.3) is 10.9 Å². The molecule has 1 aromatic heterocycles. The summed E-state index contributed by atoms with van der Waals surface area (Å²) in [4.78, 5) is 32.8. The summed E-state index contributed by atoms with van der Waals surface area (Å²) < 4.78 is 12.6. The molecule has 0 spiro atoms. The predicted molar refractivity (Wildman–Crippen MR) is 125 cm³/mol. The van der Waals surface area contributed by atoms with Crippen molar-refractivity contribution >= 4 is 28.4 Å². The molecule has 3 aromatic rings. The number of hydrogen-bond acceptors (Lipinski definition) is 5. The van der Waals surface area contributed by atoms with E-state index in [2.05, 4.69) is 0 Å². The van der Waals surface area contributed by atoms with Crippen LogP contribution in [0, 0.1) is 0 Å². The highest BCUT2D eigenvalue weighted by molar-refractivity contribution is 6.30. The first kappa shape index (κ1) is 23.8. The van der Waals surface area contributed by atoms with Crippen molar-refractivity contribution in [3.8, 4) is 5.75 Å². The van der Waals surface area contributed by atoms with Crippen LogP contribution in [0.2, 0.25) is 5.02 Å². The summed E-state index contributed by atoms with van der Waals surface area (Å²) in [5.41, 5.74) is 0.510. The molecule has 0 saturated carbocycles. The Balaban J connectivity index is 1.95. The summed E-state index contributed by atoms with van der Waals surface area (Å²) in [5, 5.41) is 1.16. The average molecular weight is 458 g/mol. The Morgan fingerprint density at radius 3 is 2.53 bits per heavy atom. The number of carbonyl (C=O) groups is 1. The molecule has 0 aliphatic heterocycles. The standard InChI is InChI=1S/C24H28ClN3O4/c1-4-21(23-26-20-9-7-6-8-19(20)24(30)27(23)5-2)28(14-15-31-3)22(29)16-32-18-12-10-17(25)11-13-18/h6-13,21H,4-5,14-16H2,1-3H3. The van der Waals surface area contributed by atoms with Crippen molar-refractivity contribution in [1.82, 2.24) is 14.5 Å². The molecule has 0 bridgehead atoms. The molecular weight excluding hydrogens is 430 g/mol. The van der Waals surface area contributed by atoms with E-state index < -0.39 is 6.04 Å². The number of fused-ring (bicyclic) bond motifs is 1. The first-order valence-electron chi connectivity index (χ1n) is 10.7. The van der Waals surface area contributed by atoms with Crippen molar-refractivity contribution in [3.63, 3.8) is 0 Å². The maximum Gasteiger partial charge on any atom is 0.261 e. The highest BCUT2D eigenvalue weighted by Gasteiger charge is 2.28. The number of nitrogens with zero attached hydrogens (tertiary/aromatic N) is 3. The minimum absolute atomic E-state index is 0.108. The van der Waals surface area contributed by atoms with Crippen LogP contribution < -0.4 is 10.3 Å². The largest absolute Gasteiger partial charge is 0.484 e. The number of halogens is 1. The lowest BCUT2D eigenvalue weighted by Crippen LogP contribution is -2.42. The van der Waals surface area contributed by atoms with Gasteiger partial charge < -0.3 is 14.4 Å². The molecule has 1 atom stereocenters. The van der Waals surface area contributed by atoms with E-state index in [1.54, 1.807) is 46.9 Å². The van der Waals surface area contributed by atoms with E-state index >= 15 is 0 Å². The summed E-state index contributed by atoms with van der Waals surface area (Å²) in [6.45, 7) is 4.89. The zero-order valence-electron chi connectivity index (χ0n) is 18.6. The van der Waals surface area contributed by atoms with Gasteiger partial charge in [0.1, 0.15) is 11.6 Å². The number of amides is 1. The molecule has 170 valence electrons. The van der Waals surface area contributed by atoms with Crippen molar-refractivity contribution in [2.45, 2.75) is 32.9 Å². The number of methoxy groups -OCH3 is 1. The van der Waals surface area contributed by atoms with E-state index in [1.165, 1.54) is 0 Å². The zero-order valence-corrected chi connectivity index (χ0v) is 19.3. The topological polar surface area (TPSA) is 73.7 Å². The Morgan fingerprint density at radius 2 is 1.88 bits per heavy atom. The minimum Gasteiger partial charge on any atom is -0.484 e. The van der Waals surface area contributed by atoms with E-state index in [4.69, 9.17) is 26.1 Å². The molecular formula is C24H28ClN3O4. The fourth-order valence-corrected chi connectivity index (χ4v) is 3.82. The Kier molecular flexibility index (Phi) is 8.25. The number of hydrogen-bond donors (Lipinski definition) is 0. The molecule has 0 fully saturated rings. The van der Waals surface area contributed by atoms with Gasteiger partial charge in [0.05, 0.1) is 23.6 Å². The molecule has 1 heterocycles. The Labute approximate surface area is 192 Å². The van der Waals surface area contributed by atoms with E-state index in [9.17, 15) is 9.59 Å². The number of rotatable bonds is 10. The summed E-state index contributed by atoms with van der Waals surface area (Å²) in [6.07, 6.45) is 0.585. The van der Waals surface area contributed by atoms with Crippen molar-refractivity contribution < 1.29 is 14.3 Å². The fraction of sp³-hybridized carbons (Fsp3) is 0.375. The smallest absolute Gasteiger partial charge is 0.261 e. The van der Waals surface area contributed by atoms with E-state index in [0.29, 0.717) is 53.6 Å². The molecule has 0 N–H and O–H groups in total. The van der Waals surface area contributed by atoms with Crippen molar-refractivity contribution in [2.24, 2.45) is 0 Å². The van der Waals surface area contributed by atoms with Crippen LogP contribution in [0.1, 0.15) is 32.1 Å². The molecule has 0 saturated heterocycles. The van der Waals surface area contributed by atoms with Crippen LogP contribution in [0.4, 0.5) is 0 Å². The van der Waals surface area contributed by atoms with Gasteiger partial charge in [-0.1, -0.05) is 30.7 Å². The fourth-order valence-electron chi connectivity index (χ4n) is 3.69. The van der Waals surface area contributed by atoms with Crippen molar-refractivity contribution in [2.75, 3.05) is 26.9 Å². The SMILES string of the molecule is CCC(c1nc2ccccc2c(=O)n1CC)N(CCOC)C(=O)COc1ccc(Cl)cc1. The third kappa shape index (κ3) is 5.29. The van der Waals surface area contributed by atoms with E-state index in [1.807, 2.05) is 32.0 Å². The van der Waals surface area contributed by atoms with E-state index in [-0.39, 0.29) is 18.1 Å². The summed E-state index contributed by atoms with van der Waals surface area (Å²) in [7, 11) is 1.59. The molecule has 1 unspecified atom stereocenters. The quantitative estimate of drug-likeness (QED) is 0.458. The maximum atomic E-state index is 13.2. The number of aromatic nitrogens is 2. The van der Waals surface area contributed by atoms with Crippen molar-refractivity contribution in [1.29, 1.82) is 0 Å². The van der Waals surface area contributed by atoms with Gasteiger partial charge in [-0.2, -0.15) is 0 Å². The number of para-hydroxylation sites is 1. The number of ether oxygens (including phenoxy) is 2. The third-order valence-corrected chi connectivity index (χ3v) is 5.55. The molecule has 2 aromatic carbocycles. The lowest BCUT2D eigenvalue weighted by Gasteiger charge is -2.32. The van der Waals surface area contributed by atoms with E-state index in [0.717, 1.165) is 0 Å². The van der Waals surface area contributed by atoms with Gasteiger partial charge in [0.15, 0.2) is 6.61 Å². The van der Waals surface area contributed by atoms with Gasteiger partial charge in [0.25, 0.3) is 11.5 Å². The second-order valence-electron chi connectivity index (χ2n) is 7.28. The lowest BCUT2D eigenvalue weighted by atomic mass is 10.1. The van der Waals surface area contributed by atoms with Gasteiger partial charge in [-0.15, -0.1) is 0 Å². The van der Waals surface area contributed by atoms with Crippen LogP contribution in [-0.2, 0) is 16.1 Å². The monoisotopic (exact) mass is 457 g/mol. The summed E-state index contributed by atoms with van der Waals surface area (Å²) in [5.74, 6) is 0.903. The highest BCUT2D eigenvalue weighted by atomic mass is 35.5. The number of carbonyl (C=O) groups excluding carboxylic acids is 1. The summed E-state index contributed by atoms with van der Waals surface area (Å²) >= 11 is 5.91. The first-order chi connectivity index (χ1) is 15.5. The van der Waals surface area contributed by atoms with Crippen molar-refractivity contribution in [3.05, 3.63) is 69.7 Å². The number of benzene rings is 2. The minimum atomic E-state index is -0.399. The van der Waals surface area contributed by atoms with Crippen LogP contribution in [-0.4, -0.2) is 47.2 Å². The van der Waals surface area contributed by atoms with Crippen LogP contribution in [0.5, 0.6) is 5.75 Å². The Bertz CT molecular complexity index is 1110. The molecule has 7 nitrogen and oxygen atoms in total. The molecule has 0 radical (unpaired) electrons. The first-order valence-corrected chi connectivity index (χ1v) is 11.0. The zero-order chi connectivity index (χ0) is 23.1. The molecule has 3 rings (SSSR count). The van der Waals surface area contributed by atoms with Gasteiger partial charge in [-0.25, -0.2) is 4.98 Å². The summed E-state index contributed by atoms with van der Waals surface area (Å²) in [6, 6.07) is 13.7. The normalized spacial score (nSPS) is 12.0. The van der Waals surface area contributed by atoms with Crippen LogP contribution >= 0.6 is 11.6 Å². The Morgan fingerprint density at radius 1 is 1.16 bits per heavy atom. The maximum absolute atomic E-state index is 13.2. The second-order valence-corrected chi connectivity index (χ2v) is 7.72. The van der Waals surface area contributed by atoms with Crippen LogP contribution in [0.15, 0.2) is 53.3 Å². The third-order valence-electron chi connectivity index (χ3n) is 5.30. The molecule has 0 aliphatic rings. The van der Waals surface area contributed by atoms with Gasteiger partial charge in [0, 0.05) is 25.2 Å². The van der Waals surface area contributed by atoms with Gasteiger partial charge in [-0.3, -0.25) is 14.2 Å². The van der Waals surface area contributed by atoms with Gasteiger partial charge in [-0.05, 0) is 49.7 Å². The second kappa shape index (κ2) is 11.1. The highest BCUT2D eigenvalue weighted by Crippen LogP contribution is 2.24. The average Bonchev–Trinajstić information content (AvgIpc) is 2.81. The molecule has 8 heteroatoms. The molecule has 1 amide bonds. The van der Waals surface area contributed by atoms with Gasteiger partial charge in [0.2, 0.25) is 0 Å². The molecule has 0 aliphatic carbocycles. The molecule has 32 heavy (non-hydrogen) atoms. The van der Waals surface area contributed by atoms with Gasteiger partial charge >= 0.3 is 0 Å². The Hall–Kier alpha value is -2.90. The predicted octanol–water partition coefficient (Wildman–Crippen LogP) is 4.07. The van der Waals surface area contributed by atoms with Crippen LogP contribution in [0.3, 0.4) is 0 Å².